The van der Waals surface area contributed by atoms with Gasteiger partial charge in [0.2, 0.25) is 0 Å². The maximum Gasteiger partial charge on any atom is 0.262 e. The zero-order chi connectivity index (χ0) is 23.9. The molecule has 7 nitrogen and oxygen atoms in total. The third-order valence-corrected chi connectivity index (χ3v) is 5.14. The van der Waals surface area contributed by atoms with Crippen molar-refractivity contribution < 1.29 is 14.3 Å². The van der Waals surface area contributed by atoms with E-state index in [0.717, 1.165) is 16.6 Å². The minimum atomic E-state index is -0.272. The summed E-state index contributed by atoms with van der Waals surface area (Å²) in [4.78, 5) is 16.8. The molecule has 0 spiro atoms. The average Bonchev–Trinajstić information content (AvgIpc) is 3.19. The Morgan fingerprint density at radius 2 is 1.82 bits per heavy atom. The first-order valence-corrected chi connectivity index (χ1v) is 10.9. The Labute approximate surface area is 197 Å². The molecule has 0 saturated carbocycles. The molecule has 0 aliphatic heterocycles. The van der Waals surface area contributed by atoms with Crippen LogP contribution < -0.4 is 14.8 Å². The number of carbonyl (C=O) groups is 1. The van der Waals surface area contributed by atoms with E-state index in [1.807, 2.05) is 79.2 Å². The third kappa shape index (κ3) is 5.08. The molecule has 0 aliphatic rings. The Morgan fingerprint density at radius 3 is 2.56 bits per heavy atom. The number of benzene rings is 3. The number of para-hydroxylation sites is 3. The molecule has 1 heterocycles. The molecule has 1 amide bonds. The molecule has 0 saturated heterocycles. The maximum absolute atomic E-state index is 12.2. The zero-order valence-corrected chi connectivity index (χ0v) is 19.0. The molecule has 0 aliphatic carbocycles. The molecule has 34 heavy (non-hydrogen) atoms. The van der Waals surface area contributed by atoms with Crippen molar-refractivity contribution in [3.05, 3.63) is 84.2 Å². The topological polar surface area (TPSA) is 89.2 Å². The number of rotatable bonds is 8. The molecular formula is C27H24N4O3. The summed E-state index contributed by atoms with van der Waals surface area (Å²) in [6.07, 6.45) is 1.76. The van der Waals surface area contributed by atoms with Crippen molar-refractivity contribution in [3.8, 4) is 17.6 Å². The van der Waals surface area contributed by atoms with E-state index in [9.17, 15) is 10.1 Å². The van der Waals surface area contributed by atoms with Crippen LogP contribution >= 0.6 is 0 Å². The summed E-state index contributed by atoms with van der Waals surface area (Å²) in [5.41, 5.74) is 3.66. The molecule has 1 N–H and O–H groups in total. The lowest BCUT2D eigenvalue weighted by atomic mass is 10.1. The van der Waals surface area contributed by atoms with E-state index < -0.39 is 0 Å². The van der Waals surface area contributed by atoms with E-state index in [4.69, 9.17) is 9.47 Å². The van der Waals surface area contributed by atoms with Crippen LogP contribution in [-0.4, -0.2) is 28.7 Å². The number of anilines is 1. The van der Waals surface area contributed by atoms with Gasteiger partial charge in [0.1, 0.15) is 6.07 Å². The Hall–Kier alpha value is -4.57. The van der Waals surface area contributed by atoms with Crippen molar-refractivity contribution in [2.75, 3.05) is 18.5 Å². The van der Waals surface area contributed by atoms with Gasteiger partial charge >= 0.3 is 0 Å². The Morgan fingerprint density at radius 1 is 1.06 bits per heavy atom. The van der Waals surface area contributed by atoms with Crippen molar-refractivity contribution in [2.24, 2.45) is 7.05 Å². The normalized spacial score (nSPS) is 11.1. The highest BCUT2D eigenvalue weighted by Crippen LogP contribution is 2.30. The highest BCUT2D eigenvalue weighted by molar-refractivity contribution is 5.92. The number of nitrogens with zero attached hydrogens (tertiary/aromatic N) is 3. The number of fused-ring (bicyclic) bond motifs is 1. The first kappa shape index (κ1) is 22.6. The standard InChI is InChI=1S/C27H24N4O3/c1-3-33-25-16-19(13-14-24(25)34-18-26(32)29-21-9-5-4-6-10-21)15-20(17-28)27-30-22-11-7-8-12-23(22)31(27)2/h4-16H,3,18H2,1-2H3,(H,29,32)/b20-15+. The van der Waals surface area contributed by atoms with E-state index in [2.05, 4.69) is 16.4 Å². The Balaban J connectivity index is 1.55. The molecule has 7 heteroatoms. The van der Waals surface area contributed by atoms with Crippen LogP contribution in [0.25, 0.3) is 22.7 Å². The number of ether oxygens (including phenoxy) is 2. The highest BCUT2D eigenvalue weighted by atomic mass is 16.5. The van der Waals surface area contributed by atoms with Crippen molar-refractivity contribution in [3.63, 3.8) is 0 Å². The maximum atomic E-state index is 12.2. The van der Waals surface area contributed by atoms with Crippen LogP contribution in [0.2, 0.25) is 0 Å². The molecule has 1 aromatic heterocycles. The minimum Gasteiger partial charge on any atom is -0.490 e. The van der Waals surface area contributed by atoms with Gasteiger partial charge in [-0.3, -0.25) is 4.79 Å². The smallest absolute Gasteiger partial charge is 0.262 e. The monoisotopic (exact) mass is 452 g/mol. The van der Waals surface area contributed by atoms with Gasteiger partial charge in [0.15, 0.2) is 23.9 Å². The number of aromatic nitrogens is 2. The lowest BCUT2D eigenvalue weighted by Gasteiger charge is -2.13. The molecule has 0 atom stereocenters. The van der Waals surface area contributed by atoms with Crippen LogP contribution in [0.15, 0.2) is 72.8 Å². The Bertz CT molecular complexity index is 1380. The van der Waals surface area contributed by atoms with Gasteiger partial charge in [-0.15, -0.1) is 0 Å². The zero-order valence-electron chi connectivity index (χ0n) is 19.0. The van der Waals surface area contributed by atoms with Gasteiger partial charge in [0, 0.05) is 12.7 Å². The van der Waals surface area contributed by atoms with Gasteiger partial charge in [0.25, 0.3) is 5.91 Å². The van der Waals surface area contributed by atoms with Gasteiger partial charge in [0.05, 0.1) is 23.2 Å². The number of amides is 1. The molecule has 170 valence electrons. The lowest BCUT2D eigenvalue weighted by Crippen LogP contribution is -2.20. The lowest BCUT2D eigenvalue weighted by molar-refractivity contribution is -0.118. The van der Waals surface area contributed by atoms with Crippen molar-refractivity contribution in [2.45, 2.75) is 6.92 Å². The van der Waals surface area contributed by atoms with Crippen LogP contribution in [-0.2, 0) is 11.8 Å². The third-order valence-electron chi connectivity index (χ3n) is 5.14. The second kappa shape index (κ2) is 10.4. The fourth-order valence-corrected chi connectivity index (χ4v) is 3.56. The number of carbonyl (C=O) groups excluding carboxylic acids is 1. The van der Waals surface area contributed by atoms with E-state index in [-0.39, 0.29) is 12.5 Å². The number of aryl methyl sites for hydroxylation is 1. The number of nitriles is 1. The number of nitrogens with one attached hydrogen (secondary N) is 1. The predicted molar refractivity (Wildman–Crippen MR) is 132 cm³/mol. The van der Waals surface area contributed by atoms with Crippen LogP contribution in [0.1, 0.15) is 18.3 Å². The van der Waals surface area contributed by atoms with E-state index in [0.29, 0.717) is 35.2 Å². The summed E-state index contributed by atoms with van der Waals surface area (Å²) < 4.78 is 13.3. The number of hydrogen-bond donors (Lipinski definition) is 1. The average molecular weight is 453 g/mol. The summed E-state index contributed by atoms with van der Waals surface area (Å²) in [7, 11) is 1.89. The molecule has 4 rings (SSSR count). The SMILES string of the molecule is CCOc1cc(/C=C(\C#N)c2nc3ccccc3n2C)ccc1OCC(=O)Nc1ccccc1. The molecular weight excluding hydrogens is 428 g/mol. The molecule has 0 bridgehead atoms. The van der Waals surface area contributed by atoms with Gasteiger partial charge in [-0.25, -0.2) is 4.98 Å². The van der Waals surface area contributed by atoms with Crippen LogP contribution in [0.3, 0.4) is 0 Å². The van der Waals surface area contributed by atoms with Crippen molar-refractivity contribution in [1.29, 1.82) is 5.26 Å². The number of allylic oxidation sites excluding steroid dienone is 1. The molecule has 0 radical (unpaired) electrons. The van der Waals surface area contributed by atoms with Crippen LogP contribution in [0.4, 0.5) is 5.69 Å². The Kier molecular flexibility index (Phi) is 6.89. The molecule has 0 fully saturated rings. The number of imidazole rings is 1. The van der Waals surface area contributed by atoms with Gasteiger partial charge < -0.3 is 19.4 Å². The highest BCUT2D eigenvalue weighted by Gasteiger charge is 2.13. The van der Waals surface area contributed by atoms with Crippen molar-refractivity contribution >= 4 is 34.3 Å². The molecule has 0 unspecified atom stereocenters. The van der Waals surface area contributed by atoms with E-state index in [1.165, 1.54) is 0 Å². The summed E-state index contributed by atoms with van der Waals surface area (Å²) >= 11 is 0. The van der Waals surface area contributed by atoms with Crippen molar-refractivity contribution in [1.82, 2.24) is 9.55 Å². The summed E-state index contributed by atoms with van der Waals surface area (Å²) in [6, 6.07) is 24.5. The first-order chi connectivity index (χ1) is 16.6. The second-order valence-electron chi connectivity index (χ2n) is 7.50. The van der Waals surface area contributed by atoms with E-state index >= 15 is 0 Å². The predicted octanol–water partition coefficient (Wildman–Crippen LogP) is 5.05. The van der Waals surface area contributed by atoms with Crippen LogP contribution in [0.5, 0.6) is 11.5 Å². The fourth-order valence-electron chi connectivity index (χ4n) is 3.56. The van der Waals surface area contributed by atoms with E-state index in [1.54, 1.807) is 18.2 Å². The van der Waals surface area contributed by atoms with Gasteiger partial charge in [-0.2, -0.15) is 5.26 Å². The van der Waals surface area contributed by atoms with Gasteiger partial charge in [-0.1, -0.05) is 36.4 Å². The largest absolute Gasteiger partial charge is 0.490 e. The number of hydrogen-bond acceptors (Lipinski definition) is 5. The fraction of sp³-hybridized carbons (Fsp3) is 0.148. The second-order valence-corrected chi connectivity index (χ2v) is 7.50. The minimum absolute atomic E-state index is 0.159. The van der Waals surface area contributed by atoms with Crippen LogP contribution in [0, 0.1) is 11.3 Å². The summed E-state index contributed by atoms with van der Waals surface area (Å²) in [5, 5.41) is 12.6. The summed E-state index contributed by atoms with van der Waals surface area (Å²) in [5.74, 6) is 1.25. The molecule has 3 aromatic carbocycles. The molecule has 4 aromatic rings. The first-order valence-electron chi connectivity index (χ1n) is 10.9. The van der Waals surface area contributed by atoms with Gasteiger partial charge in [-0.05, 0) is 55.0 Å². The quantitative estimate of drug-likeness (QED) is 0.378. The summed E-state index contributed by atoms with van der Waals surface area (Å²) in [6.45, 7) is 2.14.